The first-order valence-corrected chi connectivity index (χ1v) is 20.6. The van der Waals surface area contributed by atoms with E-state index >= 15 is 0 Å². The number of hydrogen-bond donors (Lipinski definition) is 0. The molecule has 0 amide bonds. The molecule has 0 saturated carbocycles. The highest BCUT2D eigenvalue weighted by molar-refractivity contribution is 7.27. The van der Waals surface area contributed by atoms with Gasteiger partial charge in [0.25, 0.3) is 0 Å². The van der Waals surface area contributed by atoms with Crippen LogP contribution in [0.4, 0.5) is 0 Å². The maximum Gasteiger partial charge on any atom is 0.164 e. The summed E-state index contributed by atoms with van der Waals surface area (Å²) in [4.78, 5) is 15.6. The number of rotatable bonds is 5. The Kier molecular flexibility index (Phi) is 6.30. The van der Waals surface area contributed by atoms with Gasteiger partial charge >= 0.3 is 0 Å². The van der Waals surface area contributed by atoms with Crippen LogP contribution in [-0.4, -0.2) is 15.0 Å². The van der Waals surface area contributed by atoms with E-state index in [4.69, 9.17) is 17.7 Å². The third kappa shape index (κ3) is 5.36. The molecule has 0 aliphatic heterocycles. The van der Waals surface area contributed by atoms with Crippen molar-refractivity contribution < 1.29 is 8.22 Å². The third-order valence-electron chi connectivity index (χ3n) is 10.7. The van der Waals surface area contributed by atoms with Crippen LogP contribution in [0.15, 0.2) is 188 Å². The van der Waals surface area contributed by atoms with E-state index < -0.39 is 0 Å². The quantitative estimate of drug-likeness (QED) is 0.175. The lowest BCUT2D eigenvalue weighted by atomic mass is 9.97. The number of thiophene rings is 2. The second kappa shape index (κ2) is 13.3. The van der Waals surface area contributed by atoms with Crippen molar-refractivity contribution in [1.82, 2.24) is 15.0 Å². The van der Waals surface area contributed by atoms with E-state index in [0.717, 1.165) is 51.8 Å². The largest absolute Gasteiger partial charge is 0.208 e. The molecule has 0 saturated heterocycles. The maximum atomic E-state index is 9.95. The first kappa shape index (κ1) is 27.5. The monoisotopic (exact) mass is 779 g/mol. The summed E-state index contributed by atoms with van der Waals surface area (Å²) in [6.07, 6.45) is 0. The summed E-state index contributed by atoms with van der Waals surface area (Å²) in [6, 6.07) is 49.5. The second-order valence-corrected chi connectivity index (χ2v) is 16.2. The summed E-state index contributed by atoms with van der Waals surface area (Å²) in [7, 11) is 0. The third-order valence-corrected chi connectivity index (χ3v) is 13.0. The van der Waals surface area contributed by atoms with Crippen molar-refractivity contribution in [1.29, 1.82) is 0 Å². The summed E-state index contributed by atoms with van der Waals surface area (Å²) in [5.74, 6) is 0.801. The molecule has 12 rings (SSSR count). The zero-order chi connectivity index (χ0) is 43.4. The minimum absolute atomic E-state index is 0.146. The molecule has 0 radical (unpaired) electrons. The lowest BCUT2D eigenvalue weighted by Gasteiger charge is -2.13. The van der Waals surface area contributed by atoms with E-state index in [0.29, 0.717) is 66.9 Å². The lowest BCUT2D eigenvalue weighted by molar-refractivity contribution is 1.08. The molecule has 12 aromatic rings. The number of nitrogens with zero attached hydrogens (tertiary/aromatic N) is 3. The summed E-state index contributed by atoms with van der Waals surface area (Å²) in [5.41, 5.74) is 5.02. The molecule has 270 valence electrons. The summed E-state index contributed by atoms with van der Waals surface area (Å²) < 4.78 is 60.2. The minimum Gasteiger partial charge on any atom is -0.208 e. The van der Waals surface area contributed by atoms with Crippen LogP contribution in [0.25, 0.3) is 118 Å². The average Bonchev–Trinajstić information content (AvgIpc) is 3.90. The number of fused-ring (bicyclic) bond motifs is 10. The molecule has 0 aliphatic carbocycles. The van der Waals surface area contributed by atoms with Gasteiger partial charge in [-0.3, -0.25) is 0 Å². The molecule has 3 nitrogen and oxygen atoms in total. The highest BCUT2D eigenvalue weighted by Crippen LogP contribution is 2.47. The average molecular weight is 780 g/mol. The Morgan fingerprint density at radius 3 is 1.22 bits per heavy atom. The minimum atomic E-state index is 0.146. The van der Waals surface area contributed by atoms with Gasteiger partial charge in [0.15, 0.2) is 17.5 Å². The molecule has 3 heterocycles. The van der Waals surface area contributed by atoms with Crippen molar-refractivity contribution in [2.75, 3.05) is 0 Å². The Morgan fingerprint density at radius 1 is 0.345 bits per heavy atom. The second-order valence-electron chi connectivity index (χ2n) is 14.2. The molecule has 0 N–H and O–H groups in total. The van der Waals surface area contributed by atoms with Crippen LogP contribution in [0.3, 0.4) is 0 Å². The van der Waals surface area contributed by atoms with Gasteiger partial charge in [0.05, 0.1) is 8.22 Å². The lowest BCUT2D eigenvalue weighted by Crippen LogP contribution is -2.01. The van der Waals surface area contributed by atoms with Crippen LogP contribution in [0, 0.1) is 0 Å². The first-order chi connectivity index (χ1) is 31.3. The van der Waals surface area contributed by atoms with Gasteiger partial charge in [-0.15, -0.1) is 22.7 Å². The van der Waals surface area contributed by atoms with Crippen molar-refractivity contribution >= 4 is 84.6 Å². The normalized spacial score (nSPS) is 13.2. The van der Waals surface area contributed by atoms with E-state index in [2.05, 4.69) is 0 Å². The van der Waals surface area contributed by atoms with Crippen molar-refractivity contribution in [2.24, 2.45) is 0 Å². The summed E-state index contributed by atoms with van der Waals surface area (Å²) >= 11 is 2.89. The molecule has 0 spiro atoms. The molecule has 5 heteroatoms. The summed E-state index contributed by atoms with van der Waals surface area (Å²) in [5, 5.41) is 5.29. The standard InChI is InChI=1S/C53H31N3S2/c1-4-14-32(15-5-1)35-24-26-41-45(30-35)57-49-39-22-12-10-20-37(39)28-43(47(41)49)52-54-51(34-18-8-3-9-19-34)55-53(56-52)44-29-38-21-11-13-23-40(38)50-48(44)42-27-25-36(31-46(42)58-50)33-16-6-2-7-17-33/h1-31H/i22D,23D,28D,29D,30D,31D. The van der Waals surface area contributed by atoms with Crippen LogP contribution in [0.2, 0.25) is 0 Å². The van der Waals surface area contributed by atoms with Gasteiger partial charge in [-0.25, -0.2) is 15.0 Å². The van der Waals surface area contributed by atoms with Gasteiger partial charge in [-0.2, -0.15) is 0 Å². The first-order valence-electron chi connectivity index (χ1n) is 21.9. The Morgan fingerprint density at radius 2 is 0.759 bits per heavy atom. The van der Waals surface area contributed by atoms with Crippen LogP contribution in [0.1, 0.15) is 8.22 Å². The van der Waals surface area contributed by atoms with E-state index in [9.17, 15) is 5.48 Å². The number of benzene rings is 9. The molecule has 58 heavy (non-hydrogen) atoms. The van der Waals surface area contributed by atoms with Gasteiger partial charge in [0.2, 0.25) is 0 Å². The van der Waals surface area contributed by atoms with Crippen LogP contribution in [-0.2, 0) is 0 Å². The van der Waals surface area contributed by atoms with E-state index in [1.54, 1.807) is 24.3 Å². The predicted octanol–water partition coefficient (Wildman–Crippen LogP) is 15.2. The molecular weight excluding hydrogens is 743 g/mol. The van der Waals surface area contributed by atoms with Gasteiger partial charge in [-0.05, 0) is 68.0 Å². The Hall–Kier alpha value is -7.05. The van der Waals surface area contributed by atoms with Crippen molar-refractivity contribution in [3.8, 4) is 56.4 Å². The van der Waals surface area contributed by atoms with Gasteiger partial charge in [0, 0.05) is 57.0 Å². The molecule has 9 aromatic carbocycles. The molecule has 0 aliphatic rings. The zero-order valence-electron chi connectivity index (χ0n) is 36.6. The topological polar surface area (TPSA) is 38.7 Å². The number of aromatic nitrogens is 3. The smallest absolute Gasteiger partial charge is 0.164 e. The molecule has 0 bridgehead atoms. The fraction of sp³-hybridized carbons (Fsp3) is 0. The highest BCUT2D eigenvalue weighted by Gasteiger charge is 2.22. The molecule has 0 fully saturated rings. The van der Waals surface area contributed by atoms with Crippen molar-refractivity contribution in [2.45, 2.75) is 0 Å². The maximum absolute atomic E-state index is 9.95. The van der Waals surface area contributed by atoms with Crippen LogP contribution in [0.5, 0.6) is 0 Å². The van der Waals surface area contributed by atoms with E-state index in [1.807, 2.05) is 127 Å². The van der Waals surface area contributed by atoms with Crippen molar-refractivity contribution in [3.05, 3.63) is 188 Å². The molecule has 0 unspecified atom stereocenters. The van der Waals surface area contributed by atoms with Crippen LogP contribution >= 0.6 is 22.7 Å². The summed E-state index contributed by atoms with van der Waals surface area (Å²) in [6.45, 7) is 0. The van der Waals surface area contributed by atoms with Crippen molar-refractivity contribution in [3.63, 3.8) is 0 Å². The predicted molar refractivity (Wildman–Crippen MR) is 248 cm³/mol. The van der Waals surface area contributed by atoms with Gasteiger partial charge in [0.1, 0.15) is 0 Å². The van der Waals surface area contributed by atoms with Gasteiger partial charge in [-0.1, -0.05) is 164 Å². The fourth-order valence-corrected chi connectivity index (χ4v) is 10.4. The molecule has 0 atom stereocenters. The zero-order valence-corrected chi connectivity index (χ0v) is 32.2. The number of hydrogen-bond acceptors (Lipinski definition) is 5. The van der Waals surface area contributed by atoms with Crippen LogP contribution < -0.4 is 0 Å². The molecular formula is C53H31N3S2. The Labute approximate surface area is 350 Å². The van der Waals surface area contributed by atoms with E-state index in [1.165, 1.54) is 22.7 Å². The highest BCUT2D eigenvalue weighted by atomic mass is 32.1. The van der Waals surface area contributed by atoms with Gasteiger partial charge < -0.3 is 0 Å². The fourth-order valence-electron chi connectivity index (χ4n) is 7.98. The Bertz CT molecular complexity index is 3680. The molecule has 3 aromatic heterocycles. The van der Waals surface area contributed by atoms with E-state index in [-0.39, 0.29) is 35.8 Å². The Balaban J connectivity index is 1.22. The SMILES string of the molecule is [2H]c1c(-c2nc(-c3ccccc3)nc(-c3c([2H])c4cccc([2H])c4c4sc5c([2H])c(-c6ccccc6)ccc5c34)n2)c2c3ccc(-c4ccccc4)c([2H])c3sc2c2c([2H])cccc12.